The Labute approximate surface area is 77.8 Å². The van der Waals surface area contributed by atoms with Crippen LogP contribution in [-0.4, -0.2) is 38.1 Å². The highest BCUT2D eigenvalue weighted by molar-refractivity contribution is 5.86. The summed E-state index contributed by atoms with van der Waals surface area (Å²) >= 11 is 0. The number of amides is 1. The molecular weight excluding hydrogens is 172 g/mol. The molecule has 0 heterocycles. The smallest absolute Gasteiger partial charge is 0.328 e. The second-order valence-corrected chi connectivity index (χ2v) is 2.76. The van der Waals surface area contributed by atoms with E-state index in [1.165, 1.54) is 7.11 Å². The molecule has 2 atom stereocenters. The standard InChI is InChI=1S/C8H16N2O3/c1-5(9-3)7(11)10-6(2)8(12)13-4/h5-6,9H,1-4H3,(H,10,11)/t5-,6?/m1/s1. The Morgan fingerprint density at radius 3 is 2.15 bits per heavy atom. The van der Waals surface area contributed by atoms with Crippen LogP contribution in [0.3, 0.4) is 0 Å². The van der Waals surface area contributed by atoms with Gasteiger partial charge in [0.15, 0.2) is 0 Å². The third-order valence-electron chi connectivity index (χ3n) is 1.74. The molecule has 0 aromatic carbocycles. The Kier molecular flexibility index (Phi) is 5.06. The van der Waals surface area contributed by atoms with Crippen molar-refractivity contribution in [3.63, 3.8) is 0 Å². The van der Waals surface area contributed by atoms with Crippen molar-refractivity contribution in [2.75, 3.05) is 14.2 Å². The van der Waals surface area contributed by atoms with Gasteiger partial charge in [0.2, 0.25) is 5.91 Å². The van der Waals surface area contributed by atoms with Crippen LogP contribution in [0.4, 0.5) is 0 Å². The Bertz CT molecular complexity index is 194. The normalized spacial score (nSPS) is 14.5. The van der Waals surface area contributed by atoms with Gasteiger partial charge in [0.05, 0.1) is 13.2 Å². The van der Waals surface area contributed by atoms with E-state index in [0.29, 0.717) is 0 Å². The summed E-state index contributed by atoms with van der Waals surface area (Å²) in [4.78, 5) is 22.1. The molecule has 0 saturated heterocycles. The van der Waals surface area contributed by atoms with E-state index in [2.05, 4.69) is 15.4 Å². The number of carbonyl (C=O) groups excluding carboxylic acids is 2. The zero-order valence-corrected chi connectivity index (χ0v) is 8.38. The average molecular weight is 188 g/mol. The molecule has 0 fully saturated rings. The highest BCUT2D eigenvalue weighted by Crippen LogP contribution is 1.88. The number of methoxy groups -OCH3 is 1. The summed E-state index contributed by atoms with van der Waals surface area (Å²) < 4.78 is 4.45. The Hall–Kier alpha value is -1.10. The van der Waals surface area contributed by atoms with Crippen LogP contribution in [0.5, 0.6) is 0 Å². The van der Waals surface area contributed by atoms with E-state index in [9.17, 15) is 9.59 Å². The molecule has 0 aromatic rings. The van der Waals surface area contributed by atoms with Crippen LogP contribution in [0.25, 0.3) is 0 Å². The Morgan fingerprint density at radius 2 is 1.77 bits per heavy atom. The van der Waals surface area contributed by atoms with E-state index in [1.54, 1.807) is 20.9 Å². The van der Waals surface area contributed by atoms with Crippen LogP contribution in [0.15, 0.2) is 0 Å². The van der Waals surface area contributed by atoms with Crippen LogP contribution in [0.2, 0.25) is 0 Å². The van der Waals surface area contributed by atoms with Crippen molar-refractivity contribution >= 4 is 11.9 Å². The SMILES string of the molecule is CN[C@H](C)C(=O)NC(C)C(=O)OC. The summed E-state index contributed by atoms with van der Waals surface area (Å²) in [6, 6.07) is -0.916. The van der Waals surface area contributed by atoms with Crippen molar-refractivity contribution in [1.29, 1.82) is 0 Å². The summed E-state index contributed by atoms with van der Waals surface area (Å²) in [5, 5.41) is 5.27. The highest BCUT2D eigenvalue weighted by Gasteiger charge is 2.18. The van der Waals surface area contributed by atoms with Gasteiger partial charge in [-0.25, -0.2) is 4.79 Å². The molecule has 0 bridgehead atoms. The molecule has 0 radical (unpaired) electrons. The van der Waals surface area contributed by atoms with Crippen molar-refractivity contribution < 1.29 is 14.3 Å². The van der Waals surface area contributed by atoms with Crippen molar-refractivity contribution in [3.05, 3.63) is 0 Å². The lowest BCUT2D eigenvalue weighted by molar-refractivity contribution is -0.144. The number of hydrogen-bond donors (Lipinski definition) is 2. The zero-order chi connectivity index (χ0) is 10.4. The van der Waals surface area contributed by atoms with E-state index < -0.39 is 12.0 Å². The molecule has 2 N–H and O–H groups in total. The van der Waals surface area contributed by atoms with Crippen molar-refractivity contribution in [2.24, 2.45) is 0 Å². The van der Waals surface area contributed by atoms with Gasteiger partial charge in [-0.3, -0.25) is 4.79 Å². The van der Waals surface area contributed by atoms with E-state index in [1.807, 2.05) is 0 Å². The first-order valence-corrected chi connectivity index (χ1v) is 4.08. The summed E-state index contributed by atoms with van der Waals surface area (Å²) in [5.41, 5.74) is 0. The molecule has 0 aliphatic carbocycles. The second kappa shape index (κ2) is 5.53. The maximum absolute atomic E-state index is 11.2. The van der Waals surface area contributed by atoms with E-state index >= 15 is 0 Å². The first kappa shape index (κ1) is 11.9. The lowest BCUT2D eigenvalue weighted by Crippen LogP contribution is -2.47. The number of carbonyl (C=O) groups is 2. The van der Waals surface area contributed by atoms with Crippen LogP contribution in [0, 0.1) is 0 Å². The van der Waals surface area contributed by atoms with E-state index in [4.69, 9.17) is 0 Å². The number of rotatable bonds is 4. The Morgan fingerprint density at radius 1 is 1.23 bits per heavy atom. The topological polar surface area (TPSA) is 67.4 Å². The predicted molar refractivity (Wildman–Crippen MR) is 48.1 cm³/mol. The first-order chi connectivity index (χ1) is 6.02. The highest BCUT2D eigenvalue weighted by atomic mass is 16.5. The number of hydrogen-bond acceptors (Lipinski definition) is 4. The van der Waals surface area contributed by atoms with Crippen LogP contribution in [0.1, 0.15) is 13.8 Å². The average Bonchev–Trinajstić information content (AvgIpc) is 2.14. The fraction of sp³-hybridized carbons (Fsp3) is 0.750. The number of ether oxygens (including phenoxy) is 1. The fourth-order valence-corrected chi connectivity index (χ4v) is 0.705. The summed E-state index contributed by atoms with van der Waals surface area (Å²) in [7, 11) is 2.96. The van der Waals surface area contributed by atoms with Crippen molar-refractivity contribution in [3.8, 4) is 0 Å². The summed E-state index contributed by atoms with van der Waals surface area (Å²) in [5.74, 6) is -0.669. The minimum Gasteiger partial charge on any atom is -0.467 e. The molecule has 5 nitrogen and oxygen atoms in total. The largest absolute Gasteiger partial charge is 0.467 e. The van der Waals surface area contributed by atoms with Crippen molar-refractivity contribution in [2.45, 2.75) is 25.9 Å². The summed E-state index contributed by atoms with van der Waals surface area (Å²) in [6.45, 7) is 3.28. The lowest BCUT2D eigenvalue weighted by atomic mass is 10.2. The van der Waals surface area contributed by atoms with Gasteiger partial charge in [-0.2, -0.15) is 0 Å². The van der Waals surface area contributed by atoms with Gasteiger partial charge in [0, 0.05) is 0 Å². The van der Waals surface area contributed by atoms with Gasteiger partial charge in [0.1, 0.15) is 6.04 Å². The molecule has 0 aromatic heterocycles. The molecule has 13 heavy (non-hydrogen) atoms. The molecule has 5 heteroatoms. The molecule has 0 rings (SSSR count). The second-order valence-electron chi connectivity index (χ2n) is 2.76. The third-order valence-corrected chi connectivity index (χ3v) is 1.74. The monoisotopic (exact) mass is 188 g/mol. The van der Waals surface area contributed by atoms with Crippen LogP contribution >= 0.6 is 0 Å². The molecule has 1 amide bonds. The minimum absolute atomic E-state index is 0.222. The number of likely N-dealkylation sites (N-methyl/N-ethyl adjacent to an activating group) is 1. The number of nitrogens with one attached hydrogen (secondary N) is 2. The van der Waals surface area contributed by atoms with Gasteiger partial charge in [-0.15, -0.1) is 0 Å². The third kappa shape index (κ3) is 3.89. The molecular formula is C8H16N2O3. The zero-order valence-electron chi connectivity index (χ0n) is 8.38. The van der Waals surface area contributed by atoms with Gasteiger partial charge in [-0.1, -0.05) is 0 Å². The van der Waals surface area contributed by atoms with Gasteiger partial charge >= 0.3 is 5.97 Å². The quantitative estimate of drug-likeness (QED) is 0.571. The first-order valence-electron chi connectivity index (χ1n) is 4.08. The Balaban J connectivity index is 3.98. The molecule has 0 saturated carbocycles. The van der Waals surface area contributed by atoms with E-state index in [-0.39, 0.29) is 11.9 Å². The molecule has 76 valence electrons. The van der Waals surface area contributed by atoms with E-state index in [0.717, 1.165) is 0 Å². The van der Waals surface area contributed by atoms with Gasteiger partial charge in [0.25, 0.3) is 0 Å². The molecule has 0 aliphatic heterocycles. The minimum atomic E-state index is -0.603. The molecule has 1 unspecified atom stereocenters. The number of esters is 1. The van der Waals surface area contributed by atoms with Crippen LogP contribution in [-0.2, 0) is 14.3 Å². The fourth-order valence-electron chi connectivity index (χ4n) is 0.705. The molecule has 0 spiro atoms. The molecule has 0 aliphatic rings. The van der Waals surface area contributed by atoms with Crippen molar-refractivity contribution in [1.82, 2.24) is 10.6 Å². The maximum Gasteiger partial charge on any atom is 0.328 e. The summed E-state index contributed by atoms with van der Waals surface area (Å²) in [6.07, 6.45) is 0. The predicted octanol–water partition coefficient (Wildman–Crippen LogP) is -0.728. The van der Waals surface area contributed by atoms with Gasteiger partial charge < -0.3 is 15.4 Å². The maximum atomic E-state index is 11.2. The van der Waals surface area contributed by atoms with Crippen LogP contribution < -0.4 is 10.6 Å². The van der Waals surface area contributed by atoms with Gasteiger partial charge in [-0.05, 0) is 20.9 Å². The lowest BCUT2D eigenvalue weighted by Gasteiger charge is -2.14.